The molecule has 0 unspecified atom stereocenters. The summed E-state index contributed by atoms with van der Waals surface area (Å²) in [5.74, 6) is 2.01. The standard InChI is InChI=1S/C12H16ClN3O4S3/c1-7(2)5-21-6-12-15-9-3-8(13)10(22(14,17)18)4-11(9)23(19,20)16-12/h3-4,7H,5-6H2,1-2H3,(H,15,16)(H2,14,17,18). The van der Waals surface area contributed by atoms with Crippen molar-refractivity contribution >= 4 is 54.9 Å². The molecular formula is C12H16ClN3O4S3. The first-order valence-corrected chi connectivity index (χ1v) is 11.1. The number of rotatable bonds is 5. The molecule has 0 saturated carbocycles. The third-order valence-corrected chi connectivity index (χ3v) is 6.93. The summed E-state index contributed by atoms with van der Waals surface area (Å²) in [6.07, 6.45) is 0. The number of hydrogen-bond acceptors (Lipinski definition) is 6. The first-order chi connectivity index (χ1) is 10.5. The highest BCUT2D eigenvalue weighted by molar-refractivity contribution is 8.00. The Morgan fingerprint density at radius 2 is 2.04 bits per heavy atom. The van der Waals surface area contributed by atoms with Gasteiger partial charge in [0.1, 0.15) is 15.6 Å². The van der Waals surface area contributed by atoms with E-state index in [2.05, 4.69) is 23.6 Å². The predicted molar refractivity (Wildman–Crippen MR) is 93.2 cm³/mol. The van der Waals surface area contributed by atoms with Gasteiger partial charge < -0.3 is 5.32 Å². The van der Waals surface area contributed by atoms with Crippen molar-refractivity contribution in [2.45, 2.75) is 23.6 Å². The molecule has 1 aliphatic heterocycles. The molecule has 0 radical (unpaired) electrons. The quantitative estimate of drug-likeness (QED) is 0.782. The van der Waals surface area contributed by atoms with Gasteiger partial charge in [-0.25, -0.2) is 13.6 Å². The Morgan fingerprint density at radius 1 is 1.39 bits per heavy atom. The Bertz CT molecular complexity index is 864. The molecule has 23 heavy (non-hydrogen) atoms. The predicted octanol–water partition coefficient (Wildman–Crippen LogP) is 1.89. The summed E-state index contributed by atoms with van der Waals surface area (Å²) in [5, 5.41) is 7.76. The Morgan fingerprint density at radius 3 is 2.61 bits per heavy atom. The van der Waals surface area contributed by atoms with Gasteiger partial charge in [0.2, 0.25) is 10.0 Å². The van der Waals surface area contributed by atoms with Crippen molar-refractivity contribution in [1.82, 2.24) is 0 Å². The van der Waals surface area contributed by atoms with E-state index in [1.165, 1.54) is 6.07 Å². The second kappa shape index (κ2) is 6.60. The lowest BCUT2D eigenvalue weighted by Crippen LogP contribution is -2.24. The van der Waals surface area contributed by atoms with E-state index in [1.54, 1.807) is 11.8 Å². The number of anilines is 1. The number of benzene rings is 1. The van der Waals surface area contributed by atoms with Crippen LogP contribution >= 0.6 is 23.4 Å². The summed E-state index contributed by atoms with van der Waals surface area (Å²) in [6, 6.07) is 2.16. The Balaban J connectivity index is 2.39. The van der Waals surface area contributed by atoms with Crippen LogP contribution in [0, 0.1) is 5.92 Å². The third kappa shape index (κ3) is 4.38. The minimum absolute atomic E-state index is 0.148. The number of nitrogens with zero attached hydrogens (tertiary/aromatic N) is 1. The van der Waals surface area contributed by atoms with Crippen LogP contribution in [-0.2, 0) is 20.0 Å². The highest BCUT2D eigenvalue weighted by atomic mass is 35.5. The van der Waals surface area contributed by atoms with E-state index in [0.29, 0.717) is 11.7 Å². The summed E-state index contributed by atoms with van der Waals surface area (Å²) in [4.78, 5) is -0.709. The maximum Gasteiger partial charge on any atom is 0.286 e. The molecule has 0 fully saturated rings. The van der Waals surface area contributed by atoms with Crippen LogP contribution < -0.4 is 10.5 Å². The van der Waals surface area contributed by atoms with Gasteiger partial charge in [-0.05, 0) is 23.8 Å². The fraction of sp³-hybridized carbons (Fsp3) is 0.417. The van der Waals surface area contributed by atoms with E-state index >= 15 is 0 Å². The number of sulfonamides is 2. The maximum atomic E-state index is 12.3. The van der Waals surface area contributed by atoms with E-state index in [0.717, 1.165) is 11.8 Å². The molecule has 11 heteroatoms. The van der Waals surface area contributed by atoms with Crippen LogP contribution in [0.15, 0.2) is 26.3 Å². The van der Waals surface area contributed by atoms with E-state index in [1.807, 2.05) is 0 Å². The summed E-state index contributed by atoms with van der Waals surface area (Å²) in [6.45, 7) is 4.12. The van der Waals surface area contributed by atoms with Crippen molar-refractivity contribution in [2.24, 2.45) is 15.5 Å². The van der Waals surface area contributed by atoms with Gasteiger partial charge in [-0.3, -0.25) is 0 Å². The largest absolute Gasteiger partial charge is 0.341 e. The minimum atomic E-state index is -4.13. The minimum Gasteiger partial charge on any atom is -0.341 e. The smallest absolute Gasteiger partial charge is 0.286 e. The van der Waals surface area contributed by atoms with Crippen LogP contribution in [-0.4, -0.2) is 34.2 Å². The second-order valence-electron chi connectivity index (χ2n) is 5.37. The average molecular weight is 398 g/mol. The van der Waals surface area contributed by atoms with E-state index in [9.17, 15) is 16.8 Å². The molecule has 0 atom stereocenters. The number of thioether (sulfide) groups is 1. The van der Waals surface area contributed by atoms with Crippen molar-refractivity contribution in [3.63, 3.8) is 0 Å². The molecule has 0 aliphatic carbocycles. The van der Waals surface area contributed by atoms with Crippen LogP contribution in [0.3, 0.4) is 0 Å². The fourth-order valence-corrected chi connectivity index (χ4v) is 5.22. The molecule has 1 aromatic rings. The van der Waals surface area contributed by atoms with Gasteiger partial charge in [0, 0.05) is 0 Å². The number of halogens is 1. The van der Waals surface area contributed by atoms with Gasteiger partial charge in [-0.15, -0.1) is 4.40 Å². The zero-order valence-electron chi connectivity index (χ0n) is 12.4. The number of primary sulfonamides is 1. The summed E-state index contributed by atoms with van der Waals surface area (Å²) in [5.41, 5.74) is 0.192. The van der Waals surface area contributed by atoms with Gasteiger partial charge in [-0.1, -0.05) is 25.4 Å². The van der Waals surface area contributed by atoms with Crippen molar-refractivity contribution < 1.29 is 16.8 Å². The summed E-state index contributed by atoms with van der Waals surface area (Å²) >= 11 is 7.44. The average Bonchev–Trinajstić information content (AvgIpc) is 2.34. The van der Waals surface area contributed by atoms with Crippen molar-refractivity contribution in [2.75, 3.05) is 16.8 Å². The van der Waals surface area contributed by atoms with Crippen molar-refractivity contribution in [1.29, 1.82) is 0 Å². The zero-order valence-corrected chi connectivity index (χ0v) is 15.6. The third-order valence-electron chi connectivity index (χ3n) is 2.82. The van der Waals surface area contributed by atoms with Crippen LogP contribution in [0.5, 0.6) is 0 Å². The number of amidine groups is 1. The molecule has 0 amide bonds. The van der Waals surface area contributed by atoms with E-state index in [4.69, 9.17) is 16.7 Å². The van der Waals surface area contributed by atoms with Gasteiger partial charge >= 0.3 is 0 Å². The first kappa shape index (κ1) is 18.5. The molecule has 0 saturated heterocycles. The SMILES string of the molecule is CC(C)CSCC1=NS(=O)(=O)c2cc(S(N)(=O)=O)c(Cl)cc2N1. The van der Waals surface area contributed by atoms with Gasteiger partial charge in [-0.2, -0.15) is 20.2 Å². The van der Waals surface area contributed by atoms with E-state index in [-0.39, 0.29) is 21.4 Å². The highest BCUT2D eigenvalue weighted by Crippen LogP contribution is 2.34. The number of hydrogen-bond donors (Lipinski definition) is 2. The van der Waals surface area contributed by atoms with Crippen LogP contribution in [0.2, 0.25) is 5.02 Å². The normalized spacial score (nSPS) is 16.7. The van der Waals surface area contributed by atoms with Crippen LogP contribution in [0.1, 0.15) is 13.8 Å². The van der Waals surface area contributed by atoms with Gasteiger partial charge in [0.25, 0.3) is 10.0 Å². The Hall–Kier alpha value is -0.810. The molecule has 1 aliphatic rings. The van der Waals surface area contributed by atoms with Gasteiger partial charge in [0.15, 0.2) is 0 Å². The van der Waals surface area contributed by atoms with Crippen LogP contribution in [0.4, 0.5) is 5.69 Å². The number of nitrogens with one attached hydrogen (secondary N) is 1. The molecule has 1 aromatic carbocycles. The van der Waals surface area contributed by atoms with E-state index < -0.39 is 24.9 Å². The molecule has 128 valence electrons. The van der Waals surface area contributed by atoms with Crippen LogP contribution in [0.25, 0.3) is 0 Å². The second-order valence-corrected chi connectivity index (χ2v) is 9.91. The lowest BCUT2D eigenvalue weighted by molar-refractivity contribution is 0.596. The molecular weight excluding hydrogens is 382 g/mol. The molecule has 1 heterocycles. The lowest BCUT2D eigenvalue weighted by Gasteiger charge is -2.19. The molecule has 2 rings (SSSR count). The number of nitrogens with two attached hydrogens (primary N) is 1. The monoisotopic (exact) mass is 397 g/mol. The Kier molecular flexibility index (Phi) is 5.31. The lowest BCUT2D eigenvalue weighted by atomic mass is 10.3. The molecule has 0 spiro atoms. The highest BCUT2D eigenvalue weighted by Gasteiger charge is 2.28. The summed E-state index contributed by atoms with van der Waals surface area (Å²) in [7, 11) is -8.14. The first-order valence-electron chi connectivity index (χ1n) is 6.55. The zero-order chi connectivity index (χ0) is 17.4. The Labute approximate surface area is 144 Å². The van der Waals surface area contributed by atoms with Crippen molar-refractivity contribution in [3.8, 4) is 0 Å². The fourth-order valence-electron chi connectivity index (χ4n) is 1.89. The number of fused-ring (bicyclic) bond motifs is 1. The molecule has 0 aromatic heterocycles. The topological polar surface area (TPSA) is 119 Å². The summed E-state index contributed by atoms with van der Waals surface area (Å²) < 4.78 is 51.1. The molecule has 3 N–H and O–H groups in total. The maximum absolute atomic E-state index is 12.3. The van der Waals surface area contributed by atoms with Crippen molar-refractivity contribution in [3.05, 3.63) is 17.2 Å². The molecule has 7 nitrogen and oxygen atoms in total. The van der Waals surface area contributed by atoms with Gasteiger partial charge in [0.05, 0.1) is 16.5 Å². The molecule has 0 bridgehead atoms.